The van der Waals surface area contributed by atoms with Gasteiger partial charge in [-0.1, -0.05) is 11.3 Å². The summed E-state index contributed by atoms with van der Waals surface area (Å²) in [5.41, 5.74) is -0.320. The lowest BCUT2D eigenvalue weighted by Crippen LogP contribution is -2.45. The van der Waals surface area contributed by atoms with Crippen LogP contribution in [-0.2, 0) is 16.1 Å². The monoisotopic (exact) mass is 570 g/mol. The first-order chi connectivity index (χ1) is 19.3. The number of aliphatic hydroxyl groups is 1. The number of amides is 1. The number of carbonyl (C=O) groups is 1. The van der Waals surface area contributed by atoms with Gasteiger partial charge in [-0.05, 0) is 44.4 Å². The number of aromatic nitrogens is 5. The van der Waals surface area contributed by atoms with Gasteiger partial charge in [-0.25, -0.2) is 13.8 Å². The highest BCUT2D eigenvalue weighted by atomic mass is 32.1. The molecule has 2 N–H and O–H groups in total. The fraction of sp³-hybridized carbons (Fsp3) is 0.423. The zero-order chi connectivity index (χ0) is 28.1. The van der Waals surface area contributed by atoms with E-state index in [9.17, 15) is 23.9 Å². The molecule has 1 aliphatic carbocycles. The lowest BCUT2D eigenvalue weighted by molar-refractivity contribution is -0.122. The average molecular weight is 571 g/mol. The van der Waals surface area contributed by atoms with Gasteiger partial charge in [0.15, 0.2) is 0 Å². The van der Waals surface area contributed by atoms with Crippen LogP contribution in [0.25, 0.3) is 15.2 Å². The van der Waals surface area contributed by atoms with Gasteiger partial charge < -0.3 is 19.9 Å². The van der Waals surface area contributed by atoms with Crippen LogP contribution in [-0.4, -0.2) is 61.0 Å². The van der Waals surface area contributed by atoms with Gasteiger partial charge in [-0.3, -0.25) is 14.2 Å². The molecule has 4 heterocycles. The molecule has 2 fully saturated rings. The number of fused-ring (bicyclic) bond motifs is 1. The van der Waals surface area contributed by atoms with Crippen LogP contribution >= 0.6 is 11.3 Å². The molecule has 2 aliphatic rings. The Bertz CT molecular complexity index is 1710. The average Bonchev–Trinajstić information content (AvgIpc) is 3.66. The van der Waals surface area contributed by atoms with Crippen LogP contribution in [0.1, 0.15) is 42.5 Å². The maximum Gasteiger partial charge on any atom is 0.332 e. The van der Waals surface area contributed by atoms with Crippen molar-refractivity contribution in [3.8, 4) is 10.8 Å². The summed E-state index contributed by atoms with van der Waals surface area (Å²) in [7, 11) is 1.45. The van der Waals surface area contributed by atoms with Crippen LogP contribution in [0.15, 0.2) is 40.2 Å². The fourth-order valence-electron chi connectivity index (χ4n) is 5.35. The van der Waals surface area contributed by atoms with Crippen molar-refractivity contribution in [1.82, 2.24) is 29.4 Å². The lowest BCUT2D eigenvalue weighted by Gasteiger charge is -2.35. The van der Waals surface area contributed by atoms with E-state index in [4.69, 9.17) is 9.47 Å². The molecule has 6 rings (SSSR count). The normalized spacial score (nSPS) is 21.4. The summed E-state index contributed by atoms with van der Waals surface area (Å²) in [4.78, 5) is 42.2. The maximum absolute atomic E-state index is 14.5. The molecular formula is C26H27FN6O6S. The number of hydrogen-bond donors (Lipinski definition) is 2. The third kappa shape index (κ3) is 4.41. The van der Waals surface area contributed by atoms with E-state index < -0.39 is 41.2 Å². The number of hydrogen-bond acceptors (Lipinski definition) is 9. The van der Waals surface area contributed by atoms with E-state index in [0.717, 1.165) is 15.9 Å². The molecule has 1 saturated carbocycles. The zero-order valence-corrected chi connectivity index (χ0v) is 22.6. The van der Waals surface area contributed by atoms with Crippen LogP contribution in [0.2, 0.25) is 0 Å². The number of carbonyl (C=O) groups excluding carboxylic acids is 1. The highest BCUT2D eigenvalue weighted by Gasteiger charge is 2.35. The highest BCUT2D eigenvalue weighted by Crippen LogP contribution is 2.37. The Morgan fingerprint density at radius 1 is 1.23 bits per heavy atom. The minimum atomic E-state index is -0.967. The molecule has 0 spiro atoms. The molecule has 3 aromatic heterocycles. The molecule has 14 heteroatoms. The Kier molecular flexibility index (Phi) is 6.76. The number of nitrogens with zero attached hydrogens (tertiary/aromatic N) is 5. The predicted molar refractivity (Wildman–Crippen MR) is 142 cm³/mol. The minimum Gasteiger partial charge on any atom is -0.496 e. The van der Waals surface area contributed by atoms with E-state index >= 15 is 0 Å². The Labute approximate surface area is 230 Å². The van der Waals surface area contributed by atoms with Gasteiger partial charge in [0, 0.05) is 17.7 Å². The van der Waals surface area contributed by atoms with Crippen molar-refractivity contribution in [3.05, 3.63) is 68.4 Å². The summed E-state index contributed by atoms with van der Waals surface area (Å²) in [6.45, 7) is 1.98. The maximum atomic E-state index is 14.5. The largest absolute Gasteiger partial charge is 0.496 e. The van der Waals surface area contributed by atoms with Crippen LogP contribution in [0.5, 0.6) is 5.75 Å². The van der Waals surface area contributed by atoms with E-state index in [2.05, 4.69) is 15.5 Å². The van der Waals surface area contributed by atoms with Gasteiger partial charge in [0.25, 0.3) is 5.56 Å². The fourth-order valence-corrected chi connectivity index (χ4v) is 6.57. The summed E-state index contributed by atoms with van der Waals surface area (Å²) in [6, 6.07) is 3.07. The molecule has 40 heavy (non-hydrogen) atoms. The Balaban J connectivity index is 1.57. The molecule has 0 unspecified atom stereocenters. The summed E-state index contributed by atoms with van der Waals surface area (Å²) in [5, 5.41) is 21.7. The first kappa shape index (κ1) is 26.3. The molecule has 2 atom stereocenters. The van der Waals surface area contributed by atoms with Gasteiger partial charge in [0.2, 0.25) is 5.91 Å². The molecule has 12 nitrogen and oxygen atoms in total. The minimum absolute atomic E-state index is 0.109. The molecular weight excluding hydrogens is 543 g/mol. The number of methoxy groups -OCH3 is 1. The van der Waals surface area contributed by atoms with E-state index in [0.29, 0.717) is 46.1 Å². The Morgan fingerprint density at radius 3 is 2.62 bits per heavy atom. The number of thiophene rings is 1. The first-order valence-electron chi connectivity index (χ1n) is 12.9. The number of nitrogens with one attached hydrogen (secondary N) is 1. The number of halogens is 1. The van der Waals surface area contributed by atoms with Crippen LogP contribution in [0.4, 0.5) is 4.39 Å². The van der Waals surface area contributed by atoms with Gasteiger partial charge >= 0.3 is 5.69 Å². The topological polar surface area (TPSA) is 142 Å². The van der Waals surface area contributed by atoms with Gasteiger partial charge in [-0.2, -0.15) is 10.2 Å². The third-order valence-corrected chi connectivity index (χ3v) is 8.74. The van der Waals surface area contributed by atoms with Crippen LogP contribution < -0.4 is 21.3 Å². The second-order valence-electron chi connectivity index (χ2n) is 9.95. The second kappa shape index (κ2) is 10.3. The summed E-state index contributed by atoms with van der Waals surface area (Å²) in [6.07, 6.45) is 2.40. The lowest BCUT2D eigenvalue weighted by atomic mass is 9.92. The third-order valence-electron chi connectivity index (χ3n) is 7.46. The zero-order valence-electron chi connectivity index (χ0n) is 21.7. The van der Waals surface area contributed by atoms with Crippen molar-refractivity contribution in [2.24, 2.45) is 0 Å². The Hall–Kier alpha value is -3.88. The van der Waals surface area contributed by atoms with Crippen molar-refractivity contribution in [3.63, 3.8) is 0 Å². The van der Waals surface area contributed by atoms with E-state index in [-0.39, 0.29) is 24.5 Å². The number of aryl methyl sites for hydroxylation is 1. The van der Waals surface area contributed by atoms with Crippen molar-refractivity contribution in [2.75, 3.05) is 13.7 Å². The van der Waals surface area contributed by atoms with E-state index in [1.165, 1.54) is 47.1 Å². The van der Waals surface area contributed by atoms with Crippen molar-refractivity contribution < 1.29 is 23.8 Å². The summed E-state index contributed by atoms with van der Waals surface area (Å²) >= 11 is 1.16. The molecule has 1 aromatic carbocycles. The molecule has 0 radical (unpaired) electrons. The van der Waals surface area contributed by atoms with Crippen LogP contribution in [0.3, 0.4) is 0 Å². The van der Waals surface area contributed by atoms with Crippen LogP contribution in [0, 0.1) is 12.7 Å². The molecule has 4 aromatic rings. The van der Waals surface area contributed by atoms with Crippen molar-refractivity contribution in [1.29, 1.82) is 0 Å². The van der Waals surface area contributed by atoms with Crippen molar-refractivity contribution in [2.45, 2.75) is 57.1 Å². The number of benzene rings is 1. The smallest absolute Gasteiger partial charge is 0.332 e. The molecule has 1 saturated heterocycles. The van der Waals surface area contributed by atoms with Gasteiger partial charge in [0.1, 0.15) is 33.5 Å². The summed E-state index contributed by atoms with van der Waals surface area (Å²) < 4.78 is 28.7. The second-order valence-corrected chi connectivity index (χ2v) is 10.9. The molecule has 1 amide bonds. The Morgan fingerprint density at radius 2 is 1.98 bits per heavy atom. The van der Waals surface area contributed by atoms with Crippen molar-refractivity contribution >= 4 is 27.5 Å². The number of aliphatic hydroxyl groups excluding tert-OH is 1. The quantitative estimate of drug-likeness (QED) is 0.325. The van der Waals surface area contributed by atoms with E-state index in [1.807, 2.05) is 0 Å². The first-order valence-corrected chi connectivity index (χ1v) is 13.7. The number of ether oxygens (including phenoxy) is 2. The van der Waals surface area contributed by atoms with E-state index in [1.54, 1.807) is 6.92 Å². The molecule has 210 valence electrons. The van der Waals surface area contributed by atoms with Gasteiger partial charge in [0.05, 0.1) is 43.6 Å². The SMILES string of the molecule is COc1ccc(F)cc1[C@H](Cn1c(=O)n([C@@H]2CCNC2=O)c(=O)c2c(C)c(-n3nccn3)sc21)O[C@H]1C[C@@H](O)C1. The highest BCUT2D eigenvalue weighted by molar-refractivity contribution is 7.21. The molecule has 0 bridgehead atoms. The summed E-state index contributed by atoms with van der Waals surface area (Å²) in [5.74, 6) is -0.556. The molecule has 1 aliphatic heterocycles. The standard InChI is InChI=1S/C26H27FN6O6S/c1-13-21-23(36)32(18-5-6-28-22(18)35)26(37)31(25(21)40-24(13)33-29-7-8-30-33)12-20(39-16-10-15(34)11-16)17-9-14(27)3-4-19(17)38-2/h3-4,7-9,15-16,18,20,34H,5-6,10-12H2,1-2H3,(H,28,35)/t15-,16+,18-,20+/m1/s1. The predicted octanol–water partition coefficient (Wildman–Crippen LogP) is 1.60. The number of rotatable bonds is 8. The van der Waals surface area contributed by atoms with Gasteiger partial charge in [-0.15, -0.1) is 4.80 Å².